The Morgan fingerprint density at radius 1 is 1.22 bits per heavy atom. The Balaban J connectivity index is 1.97. The molecule has 9 heteroatoms. The monoisotopic (exact) mass is 340 g/mol. The van der Waals surface area contributed by atoms with E-state index < -0.39 is 22.0 Å². The van der Waals surface area contributed by atoms with Crippen LogP contribution in [0.4, 0.5) is 0 Å². The molecule has 0 fully saturated rings. The number of carbonyl (C=O) groups excluding carboxylic acids is 1. The standard InChI is InChI=1S/C14H16N2O6S/c17-14(15-18)11-3-1-2-6-16(11)23(19,20)10-4-5-12-13(9-10)22-8-7-21-12/h1-2,4-5,9,11,18H,3,6-8H2,(H,15,17)/t11-/m1/s1. The molecule has 124 valence electrons. The number of fused-ring (bicyclic) bond motifs is 1. The number of sulfonamides is 1. The van der Waals surface area contributed by atoms with Crippen LogP contribution in [-0.2, 0) is 14.8 Å². The lowest BCUT2D eigenvalue weighted by Gasteiger charge is -2.30. The van der Waals surface area contributed by atoms with E-state index in [1.807, 2.05) is 0 Å². The van der Waals surface area contributed by atoms with Gasteiger partial charge in [-0.1, -0.05) is 12.2 Å². The summed E-state index contributed by atoms with van der Waals surface area (Å²) >= 11 is 0. The first-order chi connectivity index (χ1) is 11.0. The first-order valence-corrected chi connectivity index (χ1v) is 8.48. The van der Waals surface area contributed by atoms with Gasteiger partial charge in [0, 0.05) is 12.6 Å². The van der Waals surface area contributed by atoms with Crippen LogP contribution >= 0.6 is 0 Å². The predicted octanol–water partition coefficient (Wildman–Crippen LogP) is 0.282. The molecule has 0 saturated heterocycles. The lowest BCUT2D eigenvalue weighted by Crippen LogP contribution is -2.50. The highest BCUT2D eigenvalue weighted by Crippen LogP contribution is 2.34. The molecule has 2 heterocycles. The second-order valence-electron chi connectivity index (χ2n) is 5.08. The van der Waals surface area contributed by atoms with Gasteiger partial charge >= 0.3 is 0 Å². The van der Waals surface area contributed by atoms with Gasteiger partial charge in [0.25, 0.3) is 5.91 Å². The van der Waals surface area contributed by atoms with Gasteiger partial charge in [-0.25, -0.2) is 13.9 Å². The second-order valence-corrected chi connectivity index (χ2v) is 6.97. The molecule has 0 aliphatic carbocycles. The normalized spacial score (nSPS) is 21.0. The van der Waals surface area contributed by atoms with Crippen LogP contribution in [0.15, 0.2) is 35.2 Å². The minimum Gasteiger partial charge on any atom is -0.486 e. The van der Waals surface area contributed by atoms with E-state index in [0.717, 1.165) is 4.31 Å². The van der Waals surface area contributed by atoms with E-state index in [1.54, 1.807) is 12.2 Å². The summed E-state index contributed by atoms with van der Waals surface area (Å²) in [6.07, 6.45) is 3.56. The van der Waals surface area contributed by atoms with E-state index in [-0.39, 0.29) is 17.9 Å². The second kappa shape index (κ2) is 6.19. The van der Waals surface area contributed by atoms with Crippen molar-refractivity contribution in [1.82, 2.24) is 9.79 Å². The molecular formula is C14H16N2O6S. The molecule has 8 nitrogen and oxygen atoms in total. The maximum Gasteiger partial charge on any atom is 0.262 e. The van der Waals surface area contributed by atoms with Gasteiger partial charge in [0.1, 0.15) is 19.3 Å². The van der Waals surface area contributed by atoms with Crippen molar-refractivity contribution in [3.8, 4) is 11.5 Å². The molecule has 1 aromatic rings. The molecule has 1 amide bonds. The highest BCUT2D eigenvalue weighted by Gasteiger charge is 2.36. The maximum absolute atomic E-state index is 12.8. The quantitative estimate of drug-likeness (QED) is 0.465. The summed E-state index contributed by atoms with van der Waals surface area (Å²) in [7, 11) is -3.93. The Labute approximate surface area is 133 Å². The van der Waals surface area contributed by atoms with Gasteiger partial charge in [0.15, 0.2) is 11.5 Å². The number of ether oxygens (including phenoxy) is 2. The molecule has 2 aliphatic rings. The van der Waals surface area contributed by atoms with Crippen LogP contribution in [0.2, 0.25) is 0 Å². The Morgan fingerprint density at radius 2 is 1.96 bits per heavy atom. The summed E-state index contributed by atoms with van der Waals surface area (Å²) in [5.41, 5.74) is 1.51. The molecule has 0 radical (unpaired) electrons. The third-order valence-electron chi connectivity index (χ3n) is 3.69. The molecular weight excluding hydrogens is 324 g/mol. The molecule has 0 aromatic heterocycles. The molecule has 0 bridgehead atoms. The number of nitrogens with one attached hydrogen (secondary N) is 1. The van der Waals surface area contributed by atoms with E-state index in [4.69, 9.17) is 14.7 Å². The van der Waals surface area contributed by atoms with Gasteiger partial charge in [-0.2, -0.15) is 4.31 Å². The first kappa shape index (κ1) is 15.8. The Morgan fingerprint density at radius 3 is 2.70 bits per heavy atom. The first-order valence-electron chi connectivity index (χ1n) is 7.04. The van der Waals surface area contributed by atoms with Crippen LogP contribution < -0.4 is 15.0 Å². The molecule has 2 aliphatic heterocycles. The van der Waals surface area contributed by atoms with Gasteiger partial charge in [-0.05, 0) is 18.6 Å². The molecule has 0 unspecified atom stereocenters. The fraction of sp³-hybridized carbons (Fsp3) is 0.357. The Kier molecular flexibility index (Phi) is 4.24. The lowest BCUT2D eigenvalue weighted by molar-refractivity contribution is -0.133. The number of benzene rings is 1. The number of nitrogens with zero attached hydrogens (tertiary/aromatic N) is 1. The fourth-order valence-electron chi connectivity index (χ4n) is 2.55. The van der Waals surface area contributed by atoms with Crippen LogP contribution in [0.3, 0.4) is 0 Å². The van der Waals surface area contributed by atoms with Crippen molar-refractivity contribution < 1.29 is 27.9 Å². The maximum atomic E-state index is 12.8. The summed E-state index contributed by atoms with van der Waals surface area (Å²) in [6.45, 7) is 0.808. The molecule has 1 atom stereocenters. The largest absolute Gasteiger partial charge is 0.486 e. The zero-order chi connectivity index (χ0) is 16.4. The number of hydrogen-bond acceptors (Lipinski definition) is 6. The number of rotatable bonds is 3. The van der Waals surface area contributed by atoms with E-state index >= 15 is 0 Å². The van der Waals surface area contributed by atoms with Crippen molar-refractivity contribution in [3.05, 3.63) is 30.4 Å². The third-order valence-corrected chi connectivity index (χ3v) is 5.56. The summed E-state index contributed by atoms with van der Waals surface area (Å²) in [6, 6.07) is 3.33. The van der Waals surface area contributed by atoms with Crippen LogP contribution in [0.25, 0.3) is 0 Å². The highest BCUT2D eigenvalue weighted by molar-refractivity contribution is 7.89. The van der Waals surface area contributed by atoms with E-state index in [1.165, 1.54) is 23.7 Å². The average molecular weight is 340 g/mol. The summed E-state index contributed by atoms with van der Waals surface area (Å²) < 4.78 is 37.5. The van der Waals surface area contributed by atoms with Gasteiger partial charge < -0.3 is 9.47 Å². The van der Waals surface area contributed by atoms with Crippen molar-refractivity contribution in [2.24, 2.45) is 0 Å². The number of amides is 1. The molecule has 0 spiro atoms. The minimum atomic E-state index is -3.93. The summed E-state index contributed by atoms with van der Waals surface area (Å²) in [5, 5.41) is 8.82. The molecule has 1 aromatic carbocycles. The third kappa shape index (κ3) is 2.90. The topological polar surface area (TPSA) is 105 Å². The van der Waals surface area contributed by atoms with Gasteiger partial charge in [0.2, 0.25) is 10.0 Å². The zero-order valence-corrected chi connectivity index (χ0v) is 13.0. The van der Waals surface area contributed by atoms with Crippen molar-refractivity contribution in [2.75, 3.05) is 19.8 Å². The van der Waals surface area contributed by atoms with Crippen molar-refractivity contribution in [3.63, 3.8) is 0 Å². The van der Waals surface area contributed by atoms with Crippen LogP contribution in [0.1, 0.15) is 6.42 Å². The summed E-state index contributed by atoms with van der Waals surface area (Å²) in [4.78, 5) is 11.7. The van der Waals surface area contributed by atoms with Crippen LogP contribution in [0, 0.1) is 0 Å². The Hall–Kier alpha value is -2.10. The number of hydrogen-bond donors (Lipinski definition) is 2. The molecule has 23 heavy (non-hydrogen) atoms. The van der Waals surface area contributed by atoms with E-state index in [9.17, 15) is 13.2 Å². The van der Waals surface area contributed by atoms with E-state index in [0.29, 0.717) is 24.7 Å². The molecule has 0 saturated carbocycles. The molecule has 3 rings (SSSR count). The SMILES string of the molecule is O=C(NO)[C@H]1CC=CCN1S(=O)(=O)c1ccc2c(c1)OCCO2. The predicted molar refractivity (Wildman–Crippen MR) is 78.8 cm³/mol. The smallest absolute Gasteiger partial charge is 0.262 e. The summed E-state index contributed by atoms with van der Waals surface area (Å²) in [5.74, 6) is 0.0712. The van der Waals surface area contributed by atoms with Gasteiger partial charge in [-0.3, -0.25) is 10.0 Å². The Bertz CT molecular complexity index is 746. The number of hydroxylamine groups is 1. The van der Waals surface area contributed by atoms with E-state index in [2.05, 4.69) is 0 Å². The van der Waals surface area contributed by atoms with Crippen molar-refractivity contribution in [2.45, 2.75) is 17.4 Å². The van der Waals surface area contributed by atoms with Crippen molar-refractivity contribution in [1.29, 1.82) is 0 Å². The molecule has 2 N–H and O–H groups in total. The minimum absolute atomic E-state index is 0.00721. The average Bonchev–Trinajstić information content (AvgIpc) is 2.60. The lowest BCUT2D eigenvalue weighted by atomic mass is 10.1. The van der Waals surface area contributed by atoms with Gasteiger partial charge in [0.05, 0.1) is 4.90 Å². The van der Waals surface area contributed by atoms with Crippen LogP contribution in [0.5, 0.6) is 11.5 Å². The zero-order valence-electron chi connectivity index (χ0n) is 12.1. The van der Waals surface area contributed by atoms with Crippen molar-refractivity contribution >= 4 is 15.9 Å². The van der Waals surface area contributed by atoms with Crippen LogP contribution in [-0.4, -0.2) is 49.6 Å². The highest BCUT2D eigenvalue weighted by atomic mass is 32.2. The van der Waals surface area contributed by atoms with Gasteiger partial charge in [-0.15, -0.1) is 0 Å². The fourth-order valence-corrected chi connectivity index (χ4v) is 4.11. The number of carbonyl (C=O) groups is 1.